The van der Waals surface area contributed by atoms with Crippen molar-refractivity contribution in [2.75, 3.05) is 19.6 Å². The fourth-order valence-electron chi connectivity index (χ4n) is 4.04. The van der Waals surface area contributed by atoms with E-state index in [9.17, 15) is 4.79 Å². The Hall–Kier alpha value is -2.38. The largest absolute Gasteiger partial charge is 0.303 e. The minimum absolute atomic E-state index is 0.0327. The lowest BCUT2D eigenvalue weighted by Crippen LogP contribution is -2.35. The van der Waals surface area contributed by atoms with Gasteiger partial charge in [-0.25, -0.2) is 0 Å². The molecule has 1 aromatic heterocycles. The van der Waals surface area contributed by atoms with Crippen molar-refractivity contribution in [3.8, 4) is 11.8 Å². The number of hydrogen-bond donors (Lipinski definition) is 0. The Labute approximate surface area is 188 Å². The monoisotopic (exact) mass is 419 g/mol. The maximum atomic E-state index is 12.0. The zero-order valence-electron chi connectivity index (χ0n) is 19.6. The van der Waals surface area contributed by atoms with Crippen LogP contribution in [0.25, 0.3) is 0 Å². The number of unbranched alkanes of at least 4 members (excludes halogenated alkanes) is 1. The molecule has 1 aliphatic heterocycles. The third-order valence-electron chi connectivity index (χ3n) is 6.17. The highest BCUT2D eigenvalue weighted by Crippen LogP contribution is 2.20. The number of aromatic nitrogens is 2. The van der Waals surface area contributed by atoms with E-state index in [0.717, 1.165) is 43.0 Å². The van der Waals surface area contributed by atoms with Gasteiger partial charge in [-0.2, -0.15) is 5.10 Å². The third-order valence-corrected chi connectivity index (χ3v) is 6.17. The second-order valence-electron chi connectivity index (χ2n) is 9.44. The fraction of sp³-hybridized carbons (Fsp3) is 0.556. The summed E-state index contributed by atoms with van der Waals surface area (Å²) in [5, 5.41) is 4.54. The molecule has 2 heterocycles. The first-order valence-electron chi connectivity index (χ1n) is 11.8. The number of hydrogen-bond acceptors (Lipinski definition) is 3. The second kappa shape index (κ2) is 11.3. The number of benzene rings is 1. The van der Waals surface area contributed by atoms with Gasteiger partial charge in [0.1, 0.15) is 0 Å². The molecule has 0 radical (unpaired) electrons. The van der Waals surface area contributed by atoms with Crippen LogP contribution in [0.2, 0.25) is 0 Å². The Balaban J connectivity index is 1.34. The molecule has 0 atom stereocenters. The second-order valence-corrected chi connectivity index (χ2v) is 9.44. The standard InChI is InChI=1S/C27H37N3O/c1-21(2)26-18-28-30(20-26)19-24-13-16-29(17-14-24)15-7-5-6-8-23-9-11-25(12-10-23)27(31)22(3)4/h9-12,18,20-22,24H,5,7,13-17,19H2,1-4H3. The van der Waals surface area contributed by atoms with E-state index in [1.54, 1.807) is 0 Å². The van der Waals surface area contributed by atoms with Crippen LogP contribution in [0.15, 0.2) is 36.7 Å². The summed E-state index contributed by atoms with van der Waals surface area (Å²) < 4.78 is 2.14. The first-order chi connectivity index (χ1) is 14.9. The average molecular weight is 420 g/mol. The lowest BCUT2D eigenvalue weighted by atomic mass is 9.96. The Kier molecular flexibility index (Phi) is 8.49. The molecule has 31 heavy (non-hydrogen) atoms. The van der Waals surface area contributed by atoms with Gasteiger partial charge in [0, 0.05) is 36.2 Å². The minimum Gasteiger partial charge on any atom is -0.303 e. The van der Waals surface area contributed by atoms with E-state index in [1.807, 2.05) is 44.3 Å². The topological polar surface area (TPSA) is 38.1 Å². The van der Waals surface area contributed by atoms with E-state index >= 15 is 0 Å². The molecule has 0 spiro atoms. The Morgan fingerprint density at radius 3 is 2.45 bits per heavy atom. The van der Waals surface area contributed by atoms with Crippen LogP contribution in [-0.2, 0) is 6.54 Å². The molecule has 1 aromatic carbocycles. The molecule has 0 bridgehead atoms. The van der Waals surface area contributed by atoms with Crippen LogP contribution in [0.5, 0.6) is 0 Å². The molecule has 4 heteroatoms. The molecular formula is C27H37N3O. The summed E-state index contributed by atoms with van der Waals surface area (Å²) in [6.45, 7) is 12.8. The Morgan fingerprint density at radius 1 is 1.13 bits per heavy atom. The number of Topliss-reactive ketones (excluding diaryl/α,β-unsaturated/α-hetero) is 1. The molecule has 4 nitrogen and oxygen atoms in total. The molecule has 0 unspecified atom stereocenters. The molecule has 3 rings (SSSR count). The van der Waals surface area contributed by atoms with Crippen molar-refractivity contribution >= 4 is 5.78 Å². The van der Waals surface area contributed by atoms with Crippen molar-refractivity contribution in [3.63, 3.8) is 0 Å². The molecule has 0 aliphatic carbocycles. The van der Waals surface area contributed by atoms with Gasteiger partial charge in [0.15, 0.2) is 5.78 Å². The maximum absolute atomic E-state index is 12.0. The lowest BCUT2D eigenvalue weighted by molar-refractivity contribution is 0.0939. The molecule has 0 N–H and O–H groups in total. The van der Waals surface area contributed by atoms with Crippen molar-refractivity contribution in [2.24, 2.45) is 11.8 Å². The van der Waals surface area contributed by atoms with Gasteiger partial charge in [-0.15, -0.1) is 0 Å². The van der Waals surface area contributed by atoms with Crippen molar-refractivity contribution in [3.05, 3.63) is 53.3 Å². The van der Waals surface area contributed by atoms with E-state index in [1.165, 1.54) is 31.5 Å². The molecule has 2 aromatic rings. The van der Waals surface area contributed by atoms with Crippen LogP contribution in [0.4, 0.5) is 0 Å². The van der Waals surface area contributed by atoms with E-state index < -0.39 is 0 Å². The summed E-state index contributed by atoms with van der Waals surface area (Å²) in [6.07, 6.45) is 8.76. The predicted octanol–water partition coefficient (Wildman–Crippen LogP) is 5.39. The van der Waals surface area contributed by atoms with Crippen LogP contribution in [0, 0.1) is 23.7 Å². The number of carbonyl (C=O) groups excluding carboxylic acids is 1. The van der Waals surface area contributed by atoms with Gasteiger partial charge >= 0.3 is 0 Å². The van der Waals surface area contributed by atoms with Gasteiger partial charge in [0.05, 0.1) is 6.20 Å². The number of piperidine rings is 1. The summed E-state index contributed by atoms with van der Waals surface area (Å²) in [6, 6.07) is 7.70. The van der Waals surface area contributed by atoms with E-state index in [2.05, 4.69) is 46.6 Å². The molecule has 1 aliphatic rings. The van der Waals surface area contributed by atoms with Crippen molar-refractivity contribution in [1.82, 2.24) is 14.7 Å². The number of likely N-dealkylation sites (tertiary alicyclic amines) is 1. The normalized spacial score (nSPS) is 15.3. The summed E-state index contributed by atoms with van der Waals surface area (Å²) in [4.78, 5) is 14.6. The Morgan fingerprint density at radius 2 is 1.84 bits per heavy atom. The van der Waals surface area contributed by atoms with Crippen LogP contribution < -0.4 is 0 Å². The van der Waals surface area contributed by atoms with Crippen LogP contribution in [-0.4, -0.2) is 40.1 Å². The van der Waals surface area contributed by atoms with Gasteiger partial charge in [0.2, 0.25) is 0 Å². The SMILES string of the molecule is CC(C)C(=O)c1ccc(C#CCCCN2CCC(Cn3cc(C(C)C)cn3)CC2)cc1. The predicted molar refractivity (Wildman–Crippen MR) is 127 cm³/mol. The summed E-state index contributed by atoms with van der Waals surface area (Å²) in [7, 11) is 0. The van der Waals surface area contributed by atoms with E-state index in [-0.39, 0.29) is 11.7 Å². The first kappa shape index (κ1) is 23.3. The van der Waals surface area contributed by atoms with Crippen molar-refractivity contribution in [1.29, 1.82) is 0 Å². The summed E-state index contributed by atoms with van der Waals surface area (Å²) in [5.41, 5.74) is 3.09. The fourth-order valence-corrected chi connectivity index (χ4v) is 4.04. The molecule has 166 valence electrons. The number of ketones is 1. The molecule has 0 saturated carbocycles. The number of rotatable bonds is 8. The van der Waals surface area contributed by atoms with Crippen LogP contribution in [0.3, 0.4) is 0 Å². The van der Waals surface area contributed by atoms with Crippen LogP contribution >= 0.6 is 0 Å². The highest BCUT2D eigenvalue weighted by Gasteiger charge is 2.19. The first-order valence-corrected chi connectivity index (χ1v) is 11.8. The zero-order chi connectivity index (χ0) is 22.2. The zero-order valence-corrected chi connectivity index (χ0v) is 19.6. The van der Waals surface area contributed by atoms with Gasteiger partial charge in [0.25, 0.3) is 0 Å². The van der Waals surface area contributed by atoms with E-state index in [0.29, 0.717) is 5.92 Å². The molecular weight excluding hydrogens is 382 g/mol. The van der Waals surface area contributed by atoms with Crippen molar-refractivity contribution < 1.29 is 4.79 Å². The van der Waals surface area contributed by atoms with Crippen LogP contribution in [0.1, 0.15) is 80.8 Å². The quantitative estimate of drug-likeness (QED) is 0.327. The maximum Gasteiger partial charge on any atom is 0.165 e. The highest BCUT2D eigenvalue weighted by atomic mass is 16.1. The van der Waals surface area contributed by atoms with Gasteiger partial charge in [-0.1, -0.05) is 51.7 Å². The van der Waals surface area contributed by atoms with Gasteiger partial charge in [-0.05, 0) is 68.4 Å². The number of carbonyl (C=O) groups is 1. The van der Waals surface area contributed by atoms with Crippen molar-refractivity contribution in [2.45, 2.75) is 65.8 Å². The number of nitrogens with zero attached hydrogens (tertiary/aromatic N) is 3. The minimum atomic E-state index is 0.0327. The van der Waals surface area contributed by atoms with Gasteiger partial charge < -0.3 is 4.90 Å². The van der Waals surface area contributed by atoms with Gasteiger partial charge in [-0.3, -0.25) is 9.48 Å². The average Bonchev–Trinajstić information content (AvgIpc) is 3.23. The highest BCUT2D eigenvalue weighted by molar-refractivity contribution is 5.97. The lowest BCUT2D eigenvalue weighted by Gasteiger charge is -2.31. The third kappa shape index (κ3) is 7.08. The molecule has 1 fully saturated rings. The van der Waals surface area contributed by atoms with E-state index in [4.69, 9.17) is 0 Å². The molecule has 0 amide bonds. The summed E-state index contributed by atoms with van der Waals surface area (Å²) in [5.74, 6) is 8.03. The summed E-state index contributed by atoms with van der Waals surface area (Å²) >= 11 is 0. The Bertz CT molecular complexity index is 891. The smallest absolute Gasteiger partial charge is 0.165 e. The molecule has 1 saturated heterocycles.